The van der Waals surface area contributed by atoms with E-state index in [2.05, 4.69) is 15.6 Å². The average molecular weight is 292 g/mol. The number of pyridine rings is 1. The quantitative estimate of drug-likeness (QED) is 0.906. The predicted octanol–water partition coefficient (Wildman–Crippen LogP) is 3.45. The fourth-order valence-corrected chi connectivity index (χ4v) is 1.83. The van der Waals surface area contributed by atoms with Crippen LogP contribution in [0.1, 0.15) is 6.92 Å². The summed E-state index contributed by atoms with van der Waals surface area (Å²) in [5.41, 5.74) is 1.51. The molecule has 0 bridgehead atoms. The van der Waals surface area contributed by atoms with E-state index < -0.39 is 0 Å². The van der Waals surface area contributed by atoms with E-state index in [0.717, 1.165) is 11.4 Å². The summed E-state index contributed by atoms with van der Waals surface area (Å²) < 4.78 is 5.25. The molecule has 104 valence electrons. The molecule has 1 amide bonds. The van der Waals surface area contributed by atoms with Crippen LogP contribution in [-0.2, 0) is 4.79 Å². The number of nitrogens with zero attached hydrogens (tertiary/aromatic N) is 1. The zero-order valence-corrected chi connectivity index (χ0v) is 11.9. The van der Waals surface area contributed by atoms with E-state index in [4.69, 9.17) is 16.3 Å². The van der Waals surface area contributed by atoms with Gasteiger partial charge in [-0.1, -0.05) is 11.6 Å². The van der Waals surface area contributed by atoms with Crippen molar-refractivity contribution < 1.29 is 9.53 Å². The second-order valence-corrected chi connectivity index (χ2v) is 4.52. The Bertz CT molecular complexity index is 614. The molecule has 0 aliphatic rings. The molecular formula is C14H14ClN3O2. The van der Waals surface area contributed by atoms with Crippen LogP contribution in [0.5, 0.6) is 5.75 Å². The number of hydrogen-bond donors (Lipinski definition) is 2. The standard InChI is InChI=1S/C14H14ClN3O2/c1-9(19)17-14-6-4-11(8-16-14)18-12-7-10(15)3-5-13(12)20-2/h3-8,18H,1-2H3,(H,16,17,19). The van der Waals surface area contributed by atoms with Crippen LogP contribution in [0, 0.1) is 0 Å². The number of hydrogen-bond acceptors (Lipinski definition) is 4. The maximum absolute atomic E-state index is 10.9. The van der Waals surface area contributed by atoms with Crippen LogP contribution < -0.4 is 15.4 Å². The Hall–Kier alpha value is -2.27. The van der Waals surface area contributed by atoms with E-state index in [9.17, 15) is 4.79 Å². The predicted molar refractivity (Wildman–Crippen MR) is 79.8 cm³/mol. The van der Waals surface area contributed by atoms with Gasteiger partial charge in [0.15, 0.2) is 0 Å². The lowest BCUT2D eigenvalue weighted by Gasteiger charge is -2.11. The molecular weight excluding hydrogens is 278 g/mol. The molecule has 5 nitrogen and oxygen atoms in total. The lowest BCUT2D eigenvalue weighted by atomic mass is 10.2. The molecule has 2 N–H and O–H groups in total. The molecule has 0 spiro atoms. The molecule has 20 heavy (non-hydrogen) atoms. The summed E-state index contributed by atoms with van der Waals surface area (Å²) in [5, 5.41) is 6.37. The van der Waals surface area contributed by atoms with Crippen molar-refractivity contribution in [2.75, 3.05) is 17.7 Å². The van der Waals surface area contributed by atoms with Gasteiger partial charge in [-0.3, -0.25) is 4.79 Å². The second kappa shape index (κ2) is 6.25. The molecule has 1 aromatic carbocycles. The third-order valence-corrected chi connectivity index (χ3v) is 2.74. The van der Waals surface area contributed by atoms with E-state index in [1.165, 1.54) is 6.92 Å². The first-order valence-electron chi connectivity index (χ1n) is 5.92. The van der Waals surface area contributed by atoms with Crippen molar-refractivity contribution in [2.24, 2.45) is 0 Å². The summed E-state index contributed by atoms with van der Waals surface area (Å²) in [6.45, 7) is 1.44. The van der Waals surface area contributed by atoms with E-state index >= 15 is 0 Å². The van der Waals surface area contributed by atoms with Gasteiger partial charge in [0, 0.05) is 11.9 Å². The van der Waals surface area contributed by atoms with Crippen LogP contribution in [0.4, 0.5) is 17.2 Å². The zero-order valence-electron chi connectivity index (χ0n) is 11.1. The SMILES string of the molecule is COc1ccc(Cl)cc1Nc1ccc(NC(C)=O)nc1. The molecule has 0 unspecified atom stereocenters. The molecule has 0 aliphatic carbocycles. The minimum atomic E-state index is -0.158. The Morgan fingerprint density at radius 3 is 2.70 bits per heavy atom. The lowest BCUT2D eigenvalue weighted by molar-refractivity contribution is -0.114. The number of aromatic nitrogens is 1. The number of carbonyl (C=O) groups excluding carboxylic acids is 1. The maximum Gasteiger partial charge on any atom is 0.222 e. The monoisotopic (exact) mass is 291 g/mol. The van der Waals surface area contributed by atoms with Gasteiger partial charge >= 0.3 is 0 Å². The number of anilines is 3. The number of methoxy groups -OCH3 is 1. The zero-order chi connectivity index (χ0) is 14.5. The molecule has 2 rings (SSSR count). The summed E-state index contributed by atoms with van der Waals surface area (Å²) in [6, 6.07) is 8.81. The highest BCUT2D eigenvalue weighted by Gasteiger charge is 2.05. The fourth-order valence-electron chi connectivity index (χ4n) is 1.66. The molecule has 0 saturated heterocycles. The summed E-state index contributed by atoms with van der Waals surface area (Å²) in [4.78, 5) is 15.0. The molecule has 0 radical (unpaired) electrons. The van der Waals surface area contributed by atoms with Crippen LogP contribution in [0.3, 0.4) is 0 Å². The molecule has 6 heteroatoms. The van der Waals surface area contributed by atoms with Crippen molar-refractivity contribution in [3.8, 4) is 5.75 Å². The molecule has 1 heterocycles. The molecule has 1 aromatic heterocycles. The van der Waals surface area contributed by atoms with Crippen LogP contribution in [0.25, 0.3) is 0 Å². The topological polar surface area (TPSA) is 63.2 Å². The second-order valence-electron chi connectivity index (χ2n) is 4.08. The molecule has 0 saturated carbocycles. The van der Waals surface area contributed by atoms with Gasteiger partial charge in [0.05, 0.1) is 24.7 Å². The first-order chi connectivity index (χ1) is 9.58. The van der Waals surface area contributed by atoms with E-state index in [0.29, 0.717) is 16.6 Å². The lowest BCUT2D eigenvalue weighted by Crippen LogP contribution is -2.07. The Balaban J connectivity index is 2.17. The number of ether oxygens (including phenoxy) is 1. The molecule has 2 aromatic rings. The Morgan fingerprint density at radius 2 is 2.10 bits per heavy atom. The van der Waals surface area contributed by atoms with E-state index in [1.54, 1.807) is 43.6 Å². The van der Waals surface area contributed by atoms with Gasteiger partial charge in [-0.25, -0.2) is 4.98 Å². The number of carbonyl (C=O) groups is 1. The maximum atomic E-state index is 10.9. The van der Waals surface area contributed by atoms with Crippen molar-refractivity contribution in [3.05, 3.63) is 41.6 Å². The van der Waals surface area contributed by atoms with Crippen molar-refractivity contribution in [1.82, 2.24) is 4.98 Å². The highest BCUT2D eigenvalue weighted by Crippen LogP contribution is 2.30. The summed E-state index contributed by atoms with van der Waals surface area (Å²) in [5.74, 6) is 1.02. The van der Waals surface area contributed by atoms with Crippen LogP contribution >= 0.6 is 11.6 Å². The smallest absolute Gasteiger partial charge is 0.222 e. The van der Waals surface area contributed by atoms with Crippen molar-refractivity contribution >= 4 is 34.7 Å². The van der Waals surface area contributed by atoms with Gasteiger partial charge in [-0.15, -0.1) is 0 Å². The van der Waals surface area contributed by atoms with E-state index in [-0.39, 0.29) is 5.91 Å². The van der Waals surface area contributed by atoms with Crippen molar-refractivity contribution in [2.45, 2.75) is 6.92 Å². The highest BCUT2D eigenvalue weighted by atomic mass is 35.5. The van der Waals surface area contributed by atoms with Crippen LogP contribution in [0.2, 0.25) is 5.02 Å². The van der Waals surface area contributed by atoms with E-state index in [1.807, 2.05) is 0 Å². The Morgan fingerprint density at radius 1 is 1.30 bits per heavy atom. The first-order valence-corrected chi connectivity index (χ1v) is 6.30. The largest absolute Gasteiger partial charge is 0.495 e. The number of rotatable bonds is 4. The van der Waals surface area contributed by atoms with Crippen LogP contribution in [0.15, 0.2) is 36.5 Å². The fraction of sp³-hybridized carbons (Fsp3) is 0.143. The summed E-state index contributed by atoms with van der Waals surface area (Å²) in [7, 11) is 1.59. The van der Waals surface area contributed by atoms with Crippen molar-refractivity contribution in [3.63, 3.8) is 0 Å². The Kier molecular flexibility index (Phi) is 4.42. The normalized spacial score (nSPS) is 9.95. The average Bonchev–Trinajstić information content (AvgIpc) is 2.41. The Labute approximate surface area is 121 Å². The van der Waals surface area contributed by atoms with Gasteiger partial charge in [-0.05, 0) is 30.3 Å². The van der Waals surface area contributed by atoms with Crippen molar-refractivity contribution in [1.29, 1.82) is 0 Å². The van der Waals surface area contributed by atoms with Gasteiger partial charge in [0.25, 0.3) is 0 Å². The molecule has 0 atom stereocenters. The number of benzene rings is 1. The third-order valence-electron chi connectivity index (χ3n) is 2.51. The van der Waals surface area contributed by atoms with Crippen LogP contribution in [-0.4, -0.2) is 18.0 Å². The van der Waals surface area contributed by atoms with Gasteiger partial charge in [0.1, 0.15) is 11.6 Å². The first kappa shape index (κ1) is 14.1. The van der Waals surface area contributed by atoms with Gasteiger partial charge in [0.2, 0.25) is 5.91 Å². The number of amides is 1. The number of nitrogens with one attached hydrogen (secondary N) is 2. The van der Waals surface area contributed by atoms with Gasteiger partial charge < -0.3 is 15.4 Å². The summed E-state index contributed by atoms with van der Waals surface area (Å²) in [6.07, 6.45) is 1.62. The molecule has 0 aliphatic heterocycles. The highest BCUT2D eigenvalue weighted by molar-refractivity contribution is 6.31. The van der Waals surface area contributed by atoms with Gasteiger partial charge in [-0.2, -0.15) is 0 Å². The molecule has 0 fully saturated rings. The number of halogens is 1. The minimum Gasteiger partial charge on any atom is -0.495 e. The summed E-state index contributed by atoms with van der Waals surface area (Å²) >= 11 is 5.96. The third kappa shape index (κ3) is 3.61. The minimum absolute atomic E-state index is 0.158.